The van der Waals surface area contributed by atoms with E-state index in [-0.39, 0.29) is 39.9 Å². The summed E-state index contributed by atoms with van der Waals surface area (Å²) >= 11 is 0. The molecule has 2 fully saturated rings. The number of hydrogen-bond acceptors (Lipinski definition) is 5. The van der Waals surface area contributed by atoms with Crippen LogP contribution < -0.4 is 4.74 Å². The molecule has 5 atom stereocenters. The number of carbonyl (C=O) groups is 2. The van der Waals surface area contributed by atoms with E-state index < -0.39 is 11.4 Å². The van der Waals surface area contributed by atoms with Gasteiger partial charge in [-0.2, -0.15) is 0 Å². The second-order valence-electron chi connectivity index (χ2n) is 11.6. The van der Waals surface area contributed by atoms with Crippen molar-refractivity contribution in [2.45, 2.75) is 64.4 Å². The molecule has 0 bridgehead atoms. The van der Waals surface area contributed by atoms with Crippen LogP contribution in [0, 0.1) is 23.2 Å². The Kier molecular flexibility index (Phi) is 5.58. The number of rotatable bonds is 3. The molecule has 184 valence electrons. The lowest BCUT2D eigenvalue weighted by molar-refractivity contribution is -0.0395. The van der Waals surface area contributed by atoms with E-state index in [2.05, 4.69) is 27.4 Å². The van der Waals surface area contributed by atoms with Gasteiger partial charge in [0, 0.05) is 17.4 Å². The van der Waals surface area contributed by atoms with Gasteiger partial charge in [-0.25, -0.2) is 0 Å². The van der Waals surface area contributed by atoms with Gasteiger partial charge in [-0.05, 0) is 61.8 Å². The summed E-state index contributed by atoms with van der Waals surface area (Å²) < 4.78 is 6.66. The maximum Gasteiger partial charge on any atom is 0.157 e. The van der Waals surface area contributed by atoms with Gasteiger partial charge in [0.25, 0.3) is 0 Å². The van der Waals surface area contributed by atoms with Crippen molar-refractivity contribution in [1.82, 2.24) is 0 Å². The Labute approximate surface area is 206 Å². The zero-order valence-corrected chi connectivity index (χ0v) is 20.7. The van der Waals surface area contributed by atoms with Crippen LogP contribution in [0.5, 0.6) is 17.2 Å². The number of allylic oxidation sites excluding steroid dienone is 1. The molecule has 2 aromatic rings. The quantitative estimate of drug-likeness (QED) is 0.396. The Hall–Kier alpha value is -3.08. The number of carbonyl (C=O) groups excluding carboxylic acids is 2. The molecule has 1 aliphatic heterocycles. The first-order valence-corrected chi connectivity index (χ1v) is 12.6. The maximum atomic E-state index is 12.1. The molecule has 2 aromatic carbocycles. The van der Waals surface area contributed by atoms with Gasteiger partial charge in [0.15, 0.2) is 12.6 Å². The minimum atomic E-state index is -0.631. The van der Waals surface area contributed by atoms with Crippen LogP contribution in [0.25, 0.3) is 0 Å². The fraction of sp³-hybridized carbons (Fsp3) is 0.467. The summed E-state index contributed by atoms with van der Waals surface area (Å²) in [5.41, 5.74) is 1.95. The summed E-state index contributed by atoms with van der Waals surface area (Å²) in [5, 5.41) is 21.9. The van der Waals surface area contributed by atoms with Crippen LogP contribution in [0.2, 0.25) is 0 Å². The molecule has 0 spiro atoms. The van der Waals surface area contributed by atoms with Gasteiger partial charge >= 0.3 is 0 Å². The lowest BCUT2D eigenvalue weighted by Gasteiger charge is -2.53. The lowest BCUT2D eigenvalue weighted by Crippen LogP contribution is -2.49. The van der Waals surface area contributed by atoms with Crippen LogP contribution >= 0.6 is 0 Å². The fourth-order valence-electron chi connectivity index (χ4n) is 7.25. The van der Waals surface area contributed by atoms with E-state index in [0.717, 1.165) is 37.7 Å². The number of phenols is 2. The van der Waals surface area contributed by atoms with E-state index in [9.17, 15) is 19.8 Å². The highest BCUT2D eigenvalue weighted by Crippen LogP contribution is 2.62. The van der Waals surface area contributed by atoms with Crippen molar-refractivity contribution in [3.8, 4) is 17.2 Å². The van der Waals surface area contributed by atoms with Crippen molar-refractivity contribution >= 4 is 12.6 Å². The molecular formula is C30H34O5. The zero-order chi connectivity index (χ0) is 25.1. The van der Waals surface area contributed by atoms with E-state index in [1.165, 1.54) is 5.57 Å². The molecule has 5 nitrogen and oxygen atoms in total. The number of ether oxygens (including phenoxy) is 1. The van der Waals surface area contributed by atoms with Gasteiger partial charge in [-0.15, -0.1) is 0 Å². The maximum absolute atomic E-state index is 12.1. The molecule has 3 aliphatic rings. The van der Waals surface area contributed by atoms with E-state index in [1.54, 1.807) is 0 Å². The molecule has 0 amide bonds. The van der Waals surface area contributed by atoms with Crippen LogP contribution in [-0.2, 0) is 0 Å². The number of fused-ring (bicyclic) bond motifs is 3. The summed E-state index contributed by atoms with van der Waals surface area (Å²) in [7, 11) is 0. The first-order chi connectivity index (χ1) is 16.6. The smallest absolute Gasteiger partial charge is 0.157 e. The molecule has 35 heavy (non-hydrogen) atoms. The molecular weight excluding hydrogens is 440 g/mol. The standard InChI is InChI=1S/C30H34O5/c1-17-10-11-23-24(18-8-6-5-7-9-18)25-27(34)20(15-31)26(33)21(16-32)28(25)35-30(23,4)13-12-22-19(17)14-29(22,2)3/h5-9,15-16,19,22-24,33-34H,1,10-14H2,2-4H3/t19-,22-,23+,24?,30-/m1/s1. The lowest BCUT2D eigenvalue weighted by atomic mass is 9.52. The molecule has 1 heterocycles. The highest BCUT2D eigenvalue weighted by Gasteiger charge is 2.54. The number of hydrogen-bond donors (Lipinski definition) is 2. The minimum Gasteiger partial charge on any atom is -0.507 e. The summed E-state index contributed by atoms with van der Waals surface area (Å²) in [6.45, 7) is 11.2. The van der Waals surface area contributed by atoms with Crippen LogP contribution in [0.3, 0.4) is 0 Å². The number of aromatic hydroxyl groups is 2. The predicted octanol–water partition coefficient (Wildman–Crippen LogP) is 6.41. The third-order valence-corrected chi connectivity index (χ3v) is 9.23. The van der Waals surface area contributed by atoms with Crippen molar-refractivity contribution in [2.24, 2.45) is 23.2 Å². The van der Waals surface area contributed by atoms with Crippen LogP contribution in [0.1, 0.15) is 90.6 Å². The number of phenolic OH excluding ortho intramolecular Hbond substituents is 2. The fourth-order valence-corrected chi connectivity index (χ4v) is 7.25. The van der Waals surface area contributed by atoms with Crippen LogP contribution in [0.15, 0.2) is 42.5 Å². The van der Waals surface area contributed by atoms with Crippen molar-refractivity contribution in [3.63, 3.8) is 0 Å². The molecule has 5 heteroatoms. The number of aldehydes is 2. The van der Waals surface area contributed by atoms with Crippen molar-refractivity contribution < 1.29 is 24.5 Å². The first kappa shape index (κ1) is 23.7. The zero-order valence-electron chi connectivity index (χ0n) is 20.7. The first-order valence-electron chi connectivity index (χ1n) is 12.6. The predicted molar refractivity (Wildman–Crippen MR) is 134 cm³/mol. The average Bonchev–Trinajstić information content (AvgIpc) is 2.86. The van der Waals surface area contributed by atoms with Crippen LogP contribution in [-0.4, -0.2) is 28.4 Å². The SMILES string of the molecule is C=C1CC[C@H]2C(c3ccccc3)c3c(O)c(C=O)c(O)c(C=O)c3O[C@]2(C)CC[C@@H]2[C@@H]1CC2(C)C. The molecule has 5 rings (SSSR count). The second kappa shape index (κ2) is 8.25. The Morgan fingerprint density at radius 3 is 2.29 bits per heavy atom. The Morgan fingerprint density at radius 1 is 0.971 bits per heavy atom. The molecule has 2 aliphatic carbocycles. The van der Waals surface area contributed by atoms with E-state index in [4.69, 9.17) is 4.74 Å². The molecule has 1 unspecified atom stereocenters. The van der Waals surface area contributed by atoms with E-state index in [0.29, 0.717) is 30.0 Å². The molecule has 2 saturated carbocycles. The Bertz CT molecular complexity index is 1200. The van der Waals surface area contributed by atoms with Gasteiger partial charge in [0.05, 0.1) is 11.1 Å². The Balaban J connectivity index is 1.73. The third kappa shape index (κ3) is 3.50. The summed E-state index contributed by atoms with van der Waals surface area (Å²) in [5.74, 6) is 0.0524. The molecule has 0 radical (unpaired) electrons. The van der Waals surface area contributed by atoms with E-state index >= 15 is 0 Å². The summed E-state index contributed by atoms with van der Waals surface area (Å²) in [6, 6.07) is 9.89. The normalized spacial score (nSPS) is 31.2. The third-order valence-electron chi connectivity index (χ3n) is 9.23. The van der Waals surface area contributed by atoms with Crippen molar-refractivity contribution in [2.75, 3.05) is 0 Å². The minimum absolute atomic E-state index is 0.0239. The van der Waals surface area contributed by atoms with Gasteiger partial charge < -0.3 is 14.9 Å². The van der Waals surface area contributed by atoms with Gasteiger partial charge in [-0.1, -0.05) is 56.3 Å². The van der Waals surface area contributed by atoms with Gasteiger partial charge in [-0.3, -0.25) is 9.59 Å². The van der Waals surface area contributed by atoms with Gasteiger partial charge in [0.1, 0.15) is 22.8 Å². The van der Waals surface area contributed by atoms with Crippen molar-refractivity contribution in [3.05, 3.63) is 64.7 Å². The second-order valence-corrected chi connectivity index (χ2v) is 11.6. The number of benzene rings is 2. The highest BCUT2D eigenvalue weighted by molar-refractivity contribution is 5.95. The average molecular weight is 475 g/mol. The molecule has 2 N–H and O–H groups in total. The molecule has 0 aromatic heterocycles. The topological polar surface area (TPSA) is 83.8 Å². The highest BCUT2D eigenvalue weighted by atomic mass is 16.5. The molecule has 0 saturated heterocycles. The van der Waals surface area contributed by atoms with Gasteiger partial charge in [0.2, 0.25) is 0 Å². The monoisotopic (exact) mass is 474 g/mol. The van der Waals surface area contributed by atoms with E-state index in [1.807, 2.05) is 30.3 Å². The summed E-state index contributed by atoms with van der Waals surface area (Å²) in [6.07, 6.45) is 5.50. The Morgan fingerprint density at radius 2 is 1.66 bits per heavy atom. The largest absolute Gasteiger partial charge is 0.507 e. The van der Waals surface area contributed by atoms with Crippen LogP contribution in [0.4, 0.5) is 0 Å². The van der Waals surface area contributed by atoms with Crippen molar-refractivity contribution in [1.29, 1.82) is 0 Å². The summed E-state index contributed by atoms with van der Waals surface area (Å²) in [4.78, 5) is 24.0.